The molecule has 1 heterocycles. The van der Waals surface area contributed by atoms with Crippen LogP contribution >= 0.6 is 11.8 Å². The Kier molecular flexibility index (Phi) is 4.57. The maximum Gasteiger partial charge on any atom is 0.244 e. The van der Waals surface area contributed by atoms with Gasteiger partial charge in [-0.1, -0.05) is 6.07 Å². The van der Waals surface area contributed by atoms with Crippen molar-refractivity contribution < 1.29 is 16.8 Å². The van der Waals surface area contributed by atoms with Gasteiger partial charge in [-0.05, 0) is 24.6 Å². The lowest BCUT2D eigenvalue weighted by Crippen LogP contribution is -2.49. The number of anilines is 1. The smallest absolute Gasteiger partial charge is 0.244 e. The Bertz CT molecular complexity index is 744. The zero-order valence-electron chi connectivity index (χ0n) is 11.8. The van der Waals surface area contributed by atoms with Crippen LogP contribution in [0.2, 0.25) is 0 Å². The maximum absolute atomic E-state index is 12.7. The number of nitrogens with two attached hydrogens (primary N) is 1. The first-order valence-electron chi connectivity index (χ1n) is 6.28. The number of thioether (sulfide) groups is 1. The van der Waals surface area contributed by atoms with Gasteiger partial charge in [-0.2, -0.15) is 16.1 Å². The van der Waals surface area contributed by atoms with Crippen molar-refractivity contribution in [1.29, 1.82) is 0 Å². The van der Waals surface area contributed by atoms with Crippen molar-refractivity contribution >= 4 is 37.3 Å². The Morgan fingerprint density at radius 1 is 1.29 bits per heavy atom. The number of rotatable bonds is 3. The zero-order chi connectivity index (χ0) is 15.8. The molecular weight excluding hydrogens is 332 g/mol. The Morgan fingerprint density at radius 3 is 2.52 bits per heavy atom. The number of nitrogen functional groups attached to an aromatic ring is 1. The number of sulfone groups is 1. The van der Waals surface area contributed by atoms with Gasteiger partial charge >= 0.3 is 0 Å². The molecule has 0 aliphatic carbocycles. The van der Waals surface area contributed by atoms with Crippen LogP contribution in [0.5, 0.6) is 0 Å². The molecule has 0 radical (unpaired) electrons. The second-order valence-corrected chi connectivity index (χ2v) is 10.2. The highest BCUT2D eigenvalue weighted by Crippen LogP contribution is 2.28. The van der Waals surface area contributed by atoms with Crippen LogP contribution in [0.4, 0.5) is 5.69 Å². The molecule has 1 unspecified atom stereocenters. The van der Waals surface area contributed by atoms with E-state index in [1.54, 1.807) is 13.0 Å². The molecule has 2 rings (SSSR count). The summed E-state index contributed by atoms with van der Waals surface area (Å²) in [5.74, 6) is 0.825. The van der Waals surface area contributed by atoms with E-state index in [-0.39, 0.29) is 17.2 Å². The molecule has 1 aliphatic heterocycles. The third-order valence-corrected chi connectivity index (χ3v) is 8.07. The third kappa shape index (κ3) is 3.36. The highest BCUT2D eigenvalue weighted by atomic mass is 32.2. The highest BCUT2D eigenvalue weighted by Gasteiger charge is 2.39. The largest absolute Gasteiger partial charge is 0.398 e. The summed E-state index contributed by atoms with van der Waals surface area (Å²) in [6.07, 6.45) is 1.07. The van der Waals surface area contributed by atoms with Gasteiger partial charge in [-0.25, -0.2) is 16.8 Å². The summed E-state index contributed by atoms with van der Waals surface area (Å²) in [4.78, 5) is 0.0335. The van der Waals surface area contributed by atoms with Gasteiger partial charge in [0.15, 0.2) is 9.84 Å². The molecule has 9 heteroatoms. The van der Waals surface area contributed by atoms with Crippen molar-refractivity contribution in [1.82, 2.24) is 4.31 Å². The fraction of sp³-hybridized carbons (Fsp3) is 0.500. The van der Waals surface area contributed by atoms with E-state index in [1.807, 2.05) is 0 Å². The summed E-state index contributed by atoms with van der Waals surface area (Å²) in [5.41, 5.74) is 6.92. The third-order valence-electron chi connectivity index (χ3n) is 3.39. The van der Waals surface area contributed by atoms with Gasteiger partial charge in [0, 0.05) is 30.0 Å². The lowest BCUT2D eigenvalue weighted by Gasteiger charge is -2.33. The molecule has 1 aromatic rings. The van der Waals surface area contributed by atoms with Gasteiger partial charge in [-0.15, -0.1) is 0 Å². The first kappa shape index (κ1) is 16.6. The molecule has 0 bridgehead atoms. The van der Waals surface area contributed by atoms with E-state index in [1.165, 1.54) is 23.9 Å². The molecule has 0 saturated carbocycles. The minimum absolute atomic E-state index is 0.0335. The van der Waals surface area contributed by atoms with E-state index in [0.29, 0.717) is 11.4 Å². The second kappa shape index (κ2) is 5.79. The normalized spacial score (nSPS) is 21.3. The van der Waals surface area contributed by atoms with E-state index < -0.39 is 25.2 Å². The van der Waals surface area contributed by atoms with Crippen molar-refractivity contribution in [2.75, 3.05) is 30.0 Å². The molecule has 2 N–H and O–H groups in total. The van der Waals surface area contributed by atoms with Crippen molar-refractivity contribution in [3.05, 3.63) is 23.8 Å². The Morgan fingerprint density at radius 2 is 1.95 bits per heavy atom. The number of aryl methyl sites for hydroxylation is 1. The number of nitrogens with zero attached hydrogens (tertiary/aromatic N) is 1. The molecule has 0 aromatic heterocycles. The molecule has 1 fully saturated rings. The topological polar surface area (TPSA) is 97.5 Å². The first-order chi connectivity index (χ1) is 9.64. The summed E-state index contributed by atoms with van der Waals surface area (Å²) in [7, 11) is -7.36. The van der Waals surface area contributed by atoms with Crippen molar-refractivity contribution in [2.45, 2.75) is 17.2 Å². The van der Waals surface area contributed by atoms with Crippen LogP contribution < -0.4 is 5.73 Å². The second-order valence-electron chi connectivity index (χ2n) is 4.99. The van der Waals surface area contributed by atoms with E-state index in [4.69, 9.17) is 5.73 Å². The van der Waals surface area contributed by atoms with E-state index in [0.717, 1.165) is 16.1 Å². The number of hydrogen-bond donors (Lipinski definition) is 1. The molecule has 0 spiro atoms. The lowest BCUT2D eigenvalue weighted by atomic mass is 10.2. The van der Waals surface area contributed by atoms with Gasteiger partial charge < -0.3 is 5.73 Å². The first-order valence-corrected chi connectivity index (χ1v) is 10.8. The summed E-state index contributed by atoms with van der Waals surface area (Å²) in [5, 5.41) is -1.02. The van der Waals surface area contributed by atoms with Gasteiger partial charge in [-0.3, -0.25) is 0 Å². The van der Waals surface area contributed by atoms with Crippen molar-refractivity contribution in [3.63, 3.8) is 0 Å². The Hall–Kier alpha value is -0.770. The summed E-state index contributed by atoms with van der Waals surface area (Å²) >= 11 is 1.44. The van der Waals surface area contributed by atoms with Gasteiger partial charge in [0.2, 0.25) is 10.0 Å². The molecular formula is C12H18N2O4S3. The zero-order valence-corrected chi connectivity index (χ0v) is 14.3. The van der Waals surface area contributed by atoms with Crippen LogP contribution in [0.3, 0.4) is 0 Å². The van der Waals surface area contributed by atoms with Gasteiger partial charge in [0.1, 0.15) is 5.37 Å². The van der Waals surface area contributed by atoms with E-state index in [9.17, 15) is 16.8 Å². The fourth-order valence-corrected chi connectivity index (χ4v) is 7.30. The molecule has 0 amide bonds. The molecule has 1 saturated heterocycles. The van der Waals surface area contributed by atoms with Gasteiger partial charge in [0.05, 0.1) is 4.90 Å². The maximum atomic E-state index is 12.7. The summed E-state index contributed by atoms with van der Waals surface area (Å²) in [6, 6.07) is 4.46. The number of benzene rings is 1. The lowest BCUT2D eigenvalue weighted by molar-refractivity contribution is 0.405. The number of sulfonamides is 1. The van der Waals surface area contributed by atoms with E-state index in [2.05, 4.69) is 0 Å². The average Bonchev–Trinajstić information content (AvgIpc) is 2.41. The van der Waals surface area contributed by atoms with Crippen LogP contribution in [0, 0.1) is 6.92 Å². The van der Waals surface area contributed by atoms with Crippen LogP contribution in [-0.4, -0.2) is 50.8 Å². The minimum Gasteiger partial charge on any atom is -0.398 e. The van der Waals surface area contributed by atoms with Crippen molar-refractivity contribution in [2.24, 2.45) is 0 Å². The molecule has 1 aliphatic rings. The Balaban J connectivity index is 2.48. The minimum atomic E-state index is -3.87. The van der Waals surface area contributed by atoms with Crippen LogP contribution in [-0.2, 0) is 19.9 Å². The summed E-state index contributed by atoms with van der Waals surface area (Å²) in [6.45, 7) is 1.96. The predicted molar refractivity (Wildman–Crippen MR) is 85.4 cm³/mol. The highest BCUT2D eigenvalue weighted by molar-refractivity contribution is 8.01. The SMILES string of the molecule is Cc1ccc(S(=O)(=O)N2CCSCC2S(C)(=O)=O)cc1N. The van der Waals surface area contributed by atoms with E-state index >= 15 is 0 Å². The van der Waals surface area contributed by atoms with Crippen LogP contribution in [0.1, 0.15) is 5.56 Å². The monoisotopic (exact) mass is 350 g/mol. The molecule has 6 nitrogen and oxygen atoms in total. The Labute approximate surface area is 129 Å². The molecule has 1 aromatic carbocycles. The fourth-order valence-electron chi connectivity index (χ4n) is 2.09. The average molecular weight is 350 g/mol. The summed E-state index contributed by atoms with van der Waals surface area (Å²) < 4.78 is 50.2. The molecule has 118 valence electrons. The molecule has 1 atom stereocenters. The van der Waals surface area contributed by atoms with Gasteiger partial charge in [0.25, 0.3) is 0 Å². The quantitative estimate of drug-likeness (QED) is 0.805. The van der Waals surface area contributed by atoms with Crippen molar-refractivity contribution in [3.8, 4) is 0 Å². The van der Waals surface area contributed by atoms with Crippen LogP contribution in [0.25, 0.3) is 0 Å². The predicted octanol–water partition coefficient (Wildman–Crippen LogP) is 0.685. The van der Waals surface area contributed by atoms with Crippen LogP contribution in [0.15, 0.2) is 23.1 Å². The standard InChI is InChI=1S/C12H18N2O4S3/c1-9-3-4-10(7-11(9)13)21(17,18)14-5-6-19-8-12(14)20(2,15)16/h3-4,7,12H,5-6,8,13H2,1-2H3. The molecule has 21 heavy (non-hydrogen) atoms. The number of hydrogen-bond acceptors (Lipinski definition) is 6.